The summed E-state index contributed by atoms with van der Waals surface area (Å²) in [7, 11) is 0. The Labute approximate surface area is 119 Å². The van der Waals surface area contributed by atoms with E-state index in [1.807, 2.05) is 4.90 Å². The van der Waals surface area contributed by atoms with Crippen molar-refractivity contribution < 1.29 is 13.2 Å². The second-order valence-corrected chi connectivity index (χ2v) is 6.18. The summed E-state index contributed by atoms with van der Waals surface area (Å²) >= 11 is 0.852. The topological polar surface area (TPSA) is 41.1 Å². The number of alkyl halides is 3. The molecule has 0 bridgehead atoms. The first-order chi connectivity index (χ1) is 9.54. The molecule has 2 saturated heterocycles. The van der Waals surface area contributed by atoms with Crippen molar-refractivity contribution in [2.45, 2.75) is 37.9 Å². The fraction of sp³-hybridized carbons (Fsp3) is 0.833. The predicted molar refractivity (Wildman–Crippen MR) is 70.9 cm³/mol. The molecule has 8 heteroatoms. The van der Waals surface area contributed by atoms with Crippen LogP contribution in [0, 0.1) is 5.92 Å². The molecule has 112 valence electrons. The van der Waals surface area contributed by atoms with E-state index in [-0.39, 0.29) is 0 Å². The second-order valence-electron chi connectivity index (χ2n) is 5.45. The molecule has 2 aliphatic heterocycles. The van der Waals surface area contributed by atoms with Crippen LogP contribution in [0.5, 0.6) is 0 Å². The molecule has 0 aromatic carbocycles. The van der Waals surface area contributed by atoms with Gasteiger partial charge in [0.25, 0.3) is 0 Å². The van der Waals surface area contributed by atoms with Crippen LogP contribution >= 0.6 is 11.5 Å². The molecule has 0 spiro atoms. The number of hydrogen-bond donors (Lipinski definition) is 1. The molecular weight excluding hydrogens is 289 g/mol. The third-order valence-corrected chi connectivity index (χ3v) is 4.84. The lowest BCUT2D eigenvalue weighted by Gasteiger charge is -2.35. The zero-order valence-electron chi connectivity index (χ0n) is 11.0. The summed E-state index contributed by atoms with van der Waals surface area (Å²) in [6.45, 7) is 2.61. The summed E-state index contributed by atoms with van der Waals surface area (Å²) in [6, 6.07) is 0.507. The lowest BCUT2D eigenvalue weighted by atomic mass is 9.90. The summed E-state index contributed by atoms with van der Waals surface area (Å²) in [5, 5.41) is 3.89. The Morgan fingerprint density at radius 1 is 1.25 bits per heavy atom. The van der Waals surface area contributed by atoms with Crippen LogP contribution in [0.2, 0.25) is 0 Å². The Balaban J connectivity index is 1.68. The number of anilines is 1. The van der Waals surface area contributed by atoms with Gasteiger partial charge >= 0.3 is 6.18 Å². The van der Waals surface area contributed by atoms with Crippen LogP contribution in [0.25, 0.3) is 0 Å². The summed E-state index contributed by atoms with van der Waals surface area (Å²) in [4.78, 5) is 5.61. The Hall–Kier alpha value is -0.890. The van der Waals surface area contributed by atoms with E-state index in [1.54, 1.807) is 0 Å². The number of halogens is 3. The van der Waals surface area contributed by atoms with Crippen LogP contribution in [0.1, 0.15) is 31.5 Å². The average molecular weight is 306 g/mol. The molecule has 1 aromatic rings. The second kappa shape index (κ2) is 5.48. The van der Waals surface area contributed by atoms with E-state index in [9.17, 15) is 13.2 Å². The smallest absolute Gasteiger partial charge is 0.347 e. The van der Waals surface area contributed by atoms with Gasteiger partial charge in [-0.2, -0.15) is 22.5 Å². The van der Waals surface area contributed by atoms with Crippen LogP contribution in [0.15, 0.2) is 0 Å². The molecule has 0 radical (unpaired) electrons. The van der Waals surface area contributed by atoms with Crippen molar-refractivity contribution in [3.63, 3.8) is 0 Å². The molecular formula is C12H17F3N4S. The number of nitrogens with zero attached hydrogens (tertiary/aromatic N) is 3. The molecule has 2 unspecified atom stereocenters. The van der Waals surface area contributed by atoms with E-state index in [0.717, 1.165) is 44.0 Å². The summed E-state index contributed by atoms with van der Waals surface area (Å²) in [6.07, 6.45) is 0.0560. The Kier molecular flexibility index (Phi) is 3.85. The van der Waals surface area contributed by atoms with Crippen LogP contribution in [0.4, 0.5) is 18.3 Å². The van der Waals surface area contributed by atoms with Gasteiger partial charge in [0.15, 0.2) is 0 Å². The van der Waals surface area contributed by atoms with E-state index in [4.69, 9.17) is 0 Å². The van der Waals surface area contributed by atoms with Gasteiger partial charge in [0.1, 0.15) is 0 Å². The minimum Gasteiger partial charge on any atom is -0.347 e. The highest BCUT2D eigenvalue weighted by Crippen LogP contribution is 2.33. The standard InChI is InChI=1S/C12H17F3N4S/c13-12(14,15)10-17-11(20-18-10)19-6-2-3-8(7-19)9-4-1-5-16-9/h8-9,16H,1-7H2. The normalized spacial score (nSPS) is 28.1. The highest BCUT2D eigenvalue weighted by atomic mass is 32.1. The SMILES string of the molecule is FC(F)(F)c1nsc(N2CCCC(C3CCCN3)C2)n1. The molecule has 20 heavy (non-hydrogen) atoms. The summed E-state index contributed by atoms with van der Waals surface area (Å²) in [5.74, 6) is -0.511. The van der Waals surface area contributed by atoms with Gasteiger partial charge in [-0.05, 0) is 38.1 Å². The van der Waals surface area contributed by atoms with E-state index < -0.39 is 12.0 Å². The fourth-order valence-electron chi connectivity index (χ4n) is 3.09. The van der Waals surface area contributed by atoms with E-state index in [0.29, 0.717) is 17.1 Å². The van der Waals surface area contributed by atoms with Crippen molar-refractivity contribution in [3.8, 4) is 0 Å². The number of hydrogen-bond acceptors (Lipinski definition) is 5. The lowest BCUT2D eigenvalue weighted by molar-refractivity contribution is -0.144. The predicted octanol–water partition coefficient (Wildman–Crippen LogP) is 2.53. The molecule has 1 N–H and O–H groups in total. The monoisotopic (exact) mass is 306 g/mol. The third kappa shape index (κ3) is 2.90. The molecule has 3 rings (SSSR count). The fourth-order valence-corrected chi connectivity index (χ4v) is 3.81. The maximum Gasteiger partial charge on any atom is 0.452 e. The highest BCUT2D eigenvalue weighted by molar-refractivity contribution is 7.09. The van der Waals surface area contributed by atoms with E-state index in [1.165, 1.54) is 12.8 Å². The molecule has 0 amide bonds. The highest BCUT2D eigenvalue weighted by Gasteiger charge is 2.37. The maximum absolute atomic E-state index is 12.5. The van der Waals surface area contributed by atoms with Crippen LogP contribution < -0.4 is 10.2 Å². The zero-order chi connectivity index (χ0) is 14.2. The summed E-state index contributed by atoms with van der Waals surface area (Å²) in [5.41, 5.74) is 0. The molecule has 3 heterocycles. The van der Waals surface area contributed by atoms with Gasteiger partial charge in [-0.15, -0.1) is 0 Å². The molecule has 2 aliphatic rings. The summed E-state index contributed by atoms with van der Waals surface area (Å²) < 4.78 is 41.1. The Bertz CT molecular complexity index is 456. The van der Waals surface area contributed by atoms with Crippen molar-refractivity contribution in [3.05, 3.63) is 5.82 Å². The Morgan fingerprint density at radius 3 is 2.75 bits per heavy atom. The van der Waals surface area contributed by atoms with Gasteiger partial charge in [-0.1, -0.05) is 0 Å². The number of rotatable bonds is 2. The van der Waals surface area contributed by atoms with E-state index in [2.05, 4.69) is 14.7 Å². The maximum atomic E-state index is 12.5. The minimum absolute atomic E-state index is 0.403. The van der Waals surface area contributed by atoms with Crippen LogP contribution in [-0.4, -0.2) is 35.0 Å². The van der Waals surface area contributed by atoms with Gasteiger partial charge < -0.3 is 10.2 Å². The Morgan fingerprint density at radius 2 is 2.10 bits per heavy atom. The van der Waals surface area contributed by atoms with Gasteiger partial charge in [0, 0.05) is 30.7 Å². The molecule has 4 nitrogen and oxygen atoms in total. The average Bonchev–Trinajstić information content (AvgIpc) is 3.10. The largest absolute Gasteiger partial charge is 0.452 e. The first kappa shape index (κ1) is 14.1. The molecule has 2 fully saturated rings. The van der Waals surface area contributed by atoms with Gasteiger partial charge in [-0.25, -0.2) is 0 Å². The molecule has 0 saturated carbocycles. The number of piperidine rings is 1. The number of nitrogens with one attached hydrogen (secondary N) is 1. The van der Waals surface area contributed by atoms with Crippen molar-refractivity contribution in [1.29, 1.82) is 0 Å². The molecule has 2 atom stereocenters. The third-order valence-electron chi connectivity index (χ3n) is 4.06. The van der Waals surface area contributed by atoms with Crippen molar-refractivity contribution >= 4 is 16.7 Å². The van der Waals surface area contributed by atoms with Crippen molar-refractivity contribution in [2.75, 3.05) is 24.5 Å². The molecule has 1 aromatic heterocycles. The van der Waals surface area contributed by atoms with Gasteiger partial charge in [0.2, 0.25) is 11.0 Å². The van der Waals surface area contributed by atoms with Crippen LogP contribution in [-0.2, 0) is 6.18 Å². The number of aromatic nitrogens is 2. The van der Waals surface area contributed by atoms with Crippen molar-refractivity contribution in [1.82, 2.24) is 14.7 Å². The van der Waals surface area contributed by atoms with Gasteiger partial charge in [-0.3, -0.25) is 0 Å². The first-order valence-electron chi connectivity index (χ1n) is 6.93. The zero-order valence-corrected chi connectivity index (χ0v) is 11.8. The quantitative estimate of drug-likeness (QED) is 0.911. The lowest BCUT2D eigenvalue weighted by Crippen LogP contribution is -2.43. The molecule has 0 aliphatic carbocycles. The minimum atomic E-state index is -4.45. The van der Waals surface area contributed by atoms with Crippen molar-refractivity contribution in [2.24, 2.45) is 5.92 Å². The van der Waals surface area contributed by atoms with Crippen LogP contribution in [0.3, 0.4) is 0 Å². The van der Waals surface area contributed by atoms with Gasteiger partial charge in [0.05, 0.1) is 0 Å². The first-order valence-corrected chi connectivity index (χ1v) is 7.70. The van der Waals surface area contributed by atoms with E-state index >= 15 is 0 Å².